The highest BCUT2D eigenvalue weighted by molar-refractivity contribution is 5.85. The summed E-state index contributed by atoms with van der Waals surface area (Å²) in [6.07, 6.45) is 1.16. The summed E-state index contributed by atoms with van der Waals surface area (Å²) in [6.45, 7) is 4.98. The Morgan fingerprint density at radius 3 is 2.87 bits per heavy atom. The molecule has 0 spiro atoms. The van der Waals surface area contributed by atoms with E-state index >= 15 is 0 Å². The van der Waals surface area contributed by atoms with Crippen LogP contribution in [0.4, 0.5) is 5.69 Å². The molecule has 0 fully saturated rings. The van der Waals surface area contributed by atoms with Gasteiger partial charge in [0.1, 0.15) is 6.26 Å². The highest BCUT2D eigenvalue weighted by Crippen LogP contribution is 2.54. The molecule has 0 unspecified atom stereocenters. The summed E-state index contributed by atoms with van der Waals surface area (Å²) in [4.78, 5) is 15.2. The lowest BCUT2D eigenvalue weighted by Crippen LogP contribution is -2.46. The number of aromatic nitrogens is 1. The third-order valence-electron chi connectivity index (χ3n) is 6.30. The lowest BCUT2D eigenvalue weighted by molar-refractivity contribution is 0.0690. The second-order valence-electron chi connectivity index (χ2n) is 8.24. The van der Waals surface area contributed by atoms with E-state index in [2.05, 4.69) is 30.2 Å². The Morgan fingerprint density at radius 2 is 2.13 bits per heavy atom. The van der Waals surface area contributed by atoms with Gasteiger partial charge in [-0.25, -0.2) is 9.78 Å². The van der Waals surface area contributed by atoms with Gasteiger partial charge in [0.15, 0.2) is 17.2 Å². The minimum Gasteiger partial charge on any atom is -0.493 e. The number of carbonyl (C=O) groups is 1. The third-order valence-corrected chi connectivity index (χ3v) is 6.30. The Morgan fingerprint density at radius 1 is 1.30 bits per heavy atom. The molecule has 3 heterocycles. The maximum atomic E-state index is 11.1. The van der Waals surface area contributed by atoms with Crippen LogP contribution in [0.15, 0.2) is 47.1 Å². The number of rotatable bonds is 3. The van der Waals surface area contributed by atoms with Crippen molar-refractivity contribution in [1.29, 1.82) is 0 Å². The summed E-state index contributed by atoms with van der Waals surface area (Å²) < 4.78 is 17.0. The molecule has 2 atom stereocenters. The molecule has 2 aromatic carbocycles. The van der Waals surface area contributed by atoms with Crippen LogP contribution in [0.1, 0.15) is 41.5 Å². The van der Waals surface area contributed by atoms with Crippen molar-refractivity contribution >= 4 is 11.7 Å². The smallest absolute Gasteiger partial charge is 0.357 e. The lowest BCUT2D eigenvalue weighted by Gasteiger charge is -2.48. The summed E-state index contributed by atoms with van der Waals surface area (Å²) in [6, 6.07) is 12.0. The quantitative estimate of drug-likeness (QED) is 0.661. The van der Waals surface area contributed by atoms with E-state index in [1.807, 2.05) is 30.3 Å². The number of oxazole rings is 1. The van der Waals surface area contributed by atoms with Gasteiger partial charge in [0.25, 0.3) is 0 Å². The van der Waals surface area contributed by atoms with Gasteiger partial charge in [-0.2, -0.15) is 0 Å². The summed E-state index contributed by atoms with van der Waals surface area (Å²) in [5, 5.41) is 12.8. The van der Waals surface area contributed by atoms with Gasteiger partial charge < -0.3 is 24.3 Å². The van der Waals surface area contributed by atoms with E-state index < -0.39 is 5.97 Å². The summed E-state index contributed by atoms with van der Waals surface area (Å²) in [5.74, 6) is 0.916. The van der Waals surface area contributed by atoms with Crippen molar-refractivity contribution in [1.82, 2.24) is 4.98 Å². The molecule has 0 amide bonds. The van der Waals surface area contributed by atoms with E-state index in [9.17, 15) is 4.79 Å². The van der Waals surface area contributed by atoms with Crippen LogP contribution in [0, 0.1) is 5.92 Å². The number of methoxy groups -OCH3 is 1. The molecule has 7 heteroatoms. The number of nitrogens with one attached hydrogen (secondary N) is 1. The predicted molar refractivity (Wildman–Crippen MR) is 110 cm³/mol. The van der Waals surface area contributed by atoms with Gasteiger partial charge in [0.05, 0.1) is 19.8 Å². The van der Waals surface area contributed by atoms with Crippen LogP contribution in [-0.4, -0.2) is 29.8 Å². The van der Waals surface area contributed by atoms with E-state index in [0.29, 0.717) is 12.5 Å². The lowest BCUT2D eigenvalue weighted by atomic mass is 9.65. The summed E-state index contributed by atoms with van der Waals surface area (Å²) >= 11 is 0. The molecular weight excluding hydrogens is 384 g/mol. The van der Waals surface area contributed by atoms with Gasteiger partial charge >= 0.3 is 5.97 Å². The van der Waals surface area contributed by atoms with E-state index in [1.54, 1.807) is 7.11 Å². The van der Waals surface area contributed by atoms with Crippen molar-refractivity contribution in [3.8, 4) is 23.0 Å². The maximum Gasteiger partial charge on any atom is 0.357 e. The third kappa shape index (κ3) is 2.65. The average molecular weight is 406 g/mol. The highest BCUT2D eigenvalue weighted by Gasteiger charge is 2.47. The minimum atomic E-state index is -1.11. The van der Waals surface area contributed by atoms with E-state index in [4.69, 9.17) is 19.0 Å². The number of hydrogen-bond donors (Lipinski definition) is 2. The molecule has 0 bridgehead atoms. The largest absolute Gasteiger partial charge is 0.493 e. The summed E-state index contributed by atoms with van der Waals surface area (Å²) in [5.41, 5.74) is 3.67. The summed E-state index contributed by atoms with van der Waals surface area (Å²) in [7, 11) is 1.65. The first kappa shape index (κ1) is 18.5. The van der Waals surface area contributed by atoms with Crippen LogP contribution in [0.3, 0.4) is 0 Å². The number of carboxylic acids is 1. The van der Waals surface area contributed by atoms with Crippen LogP contribution in [0.2, 0.25) is 0 Å². The molecule has 1 aromatic heterocycles. The van der Waals surface area contributed by atoms with Crippen LogP contribution in [0.5, 0.6) is 11.5 Å². The monoisotopic (exact) mass is 406 g/mol. The first-order chi connectivity index (χ1) is 14.4. The van der Waals surface area contributed by atoms with Crippen LogP contribution >= 0.6 is 0 Å². The average Bonchev–Trinajstić information content (AvgIpc) is 3.24. The van der Waals surface area contributed by atoms with Crippen molar-refractivity contribution in [2.45, 2.75) is 25.3 Å². The van der Waals surface area contributed by atoms with Crippen LogP contribution < -0.4 is 14.8 Å². The molecule has 3 aromatic rings. The molecule has 2 aliphatic rings. The fraction of sp³-hybridized carbons (Fsp3) is 0.304. The molecule has 2 N–H and O–H groups in total. The van der Waals surface area contributed by atoms with Gasteiger partial charge in [-0.15, -0.1) is 0 Å². The molecule has 0 saturated carbocycles. The Balaban J connectivity index is 1.57. The fourth-order valence-corrected chi connectivity index (χ4v) is 4.59. The molecule has 0 saturated heterocycles. The normalized spacial score (nSPS) is 20.8. The van der Waals surface area contributed by atoms with Gasteiger partial charge in [0, 0.05) is 28.1 Å². The first-order valence-corrected chi connectivity index (χ1v) is 9.80. The number of carboxylic acid groups (broad SMARTS) is 1. The molecular formula is C23H22N2O5. The molecule has 2 aliphatic heterocycles. The number of ether oxygens (including phenoxy) is 2. The molecule has 7 nitrogen and oxygen atoms in total. The van der Waals surface area contributed by atoms with Crippen molar-refractivity contribution in [2.24, 2.45) is 5.92 Å². The van der Waals surface area contributed by atoms with Gasteiger partial charge in [-0.3, -0.25) is 0 Å². The second-order valence-corrected chi connectivity index (χ2v) is 8.24. The fourth-order valence-electron chi connectivity index (χ4n) is 4.59. The van der Waals surface area contributed by atoms with Crippen molar-refractivity contribution in [3.63, 3.8) is 0 Å². The number of anilines is 1. The Bertz CT molecular complexity index is 1150. The van der Waals surface area contributed by atoms with E-state index in [-0.39, 0.29) is 23.1 Å². The number of benzene rings is 2. The van der Waals surface area contributed by atoms with Gasteiger partial charge in [-0.05, 0) is 29.8 Å². The Kier molecular flexibility index (Phi) is 4.03. The molecule has 154 valence electrons. The molecule has 0 radical (unpaired) electrons. The molecule has 0 aliphatic carbocycles. The molecule has 5 rings (SSSR count). The van der Waals surface area contributed by atoms with E-state index in [1.165, 1.54) is 0 Å². The topological polar surface area (TPSA) is 93.8 Å². The zero-order valence-electron chi connectivity index (χ0n) is 16.9. The minimum absolute atomic E-state index is 0.0950. The zero-order valence-corrected chi connectivity index (χ0v) is 16.9. The van der Waals surface area contributed by atoms with Crippen molar-refractivity contribution in [2.75, 3.05) is 19.0 Å². The number of hydrogen-bond acceptors (Lipinski definition) is 6. The zero-order chi connectivity index (χ0) is 21.0. The highest BCUT2D eigenvalue weighted by atomic mass is 16.5. The van der Waals surface area contributed by atoms with Gasteiger partial charge in [0.2, 0.25) is 5.89 Å². The number of fused-ring (bicyclic) bond motifs is 4. The Hall–Kier alpha value is -3.48. The second kappa shape index (κ2) is 6.52. The number of aromatic carboxylic acids is 1. The predicted octanol–water partition coefficient (Wildman–Crippen LogP) is 4.50. The van der Waals surface area contributed by atoms with Crippen LogP contribution in [-0.2, 0) is 5.41 Å². The van der Waals surface area contributed by atoms with E-state index in [0.717, 1.165) is 40.1 Å². The molecule has 30 heavy (non-hydrogen) atoms. The van der Waals surface area contributed by atoms with Crippen molar-refractivity contribution < 1.29 is 23.8 Å². The van der Waals surface area contributed by atoms with Gasteiger partial charge in [-0.1, -0.05) is 26.0 Å². The maximum absolute atomic E-state index is 11.1. The number of para-hydroxylation sites is 1. The standard InChI is InChI=1S/C23H22N2O5/c1-23(2)14-9-12(21-25-17(11-30-21)22(26)27)7-8-16(14)24-19-13-5-4-6-18(28-3)20(13)29-10-15(19)23/h4-9,11,15,19,24H,10H2,1-3H3,(H,26,27)/t15-,19+/m1/s1. The SMILES string of the molecule is COc1cccc2c1OC[C@@H]1[C@H]2Nc2ccc(-c3nc(C(=O)O)co3)cc2C1(C)C. The first-order valence-electron chi connectivity index (χ1n) is 9.80. The van der Waals surface area contributed by atoms with Crippen molar-refractivity contribution in [3.05, 3.63) is 59.5 Å². The van der Waals surface area contributed by atoms with Crippen LogP contribution in [0.25, 0.3) is 11.5 Å². The number of nitrogens with zero attached hydrogens (tertiary/aromatic N) is 1. The Labute approximate surface area is 173 Å².